The molecule has 3 heterocycles. The van der Waals surface area contributed by atoms with Crippen LogP contribution in [-0.4, -0.2) is 62.1 Å². The minimum atomic E-state index is -0.190. The Bertz CT molecular complexity index is 819. The van der Waals surface area contributed by atoms with Crippen LogP contribution >= 0.6 is 0 Å². The lowest BCUT2D eigenvalue weighted by atomic mass is 9.60. The molecular weight excluding hydrogens is 340 g/mol. The number of nitrogens with zero attached hydrogens (tertiary/aromatic N) is 4. The zero-order chi connectivity index (χ0) is 18.4. The fraction of sp³-hybridized carbons (Fsp3) is 0.476. The number of amides is 1. The minimum absolute atomic E-state index is 0.0201. The first-order valence-corrected chi connectivity index (χ1v) is 9.68. The number of rotatable bonds is 5. The van der Waals surface area contributed by atoms with Gasteiger partial charge in [-0.25, -0.2) is 9.97 Å². The molecule has 1 spiro atoms. The predicted octanol–water partition coefficient (Wildman–Crippen LogP) is 1.43. The highest BCUT2D eigenvalue weighted by Gasteiger charge is 2.67. The van der Waals surface area contributed by atoms with Gasteiger partial charge in [0.2, 0.25) is 5.91 Å². The van der Waals surface area contributed by atoms with Crippen molar-refractivity contribution in [1.29, 1.82) is 0 Å². The smallest absolute Gasteiger partial charge is 0.226 e. The molecule has 3 fully saturated rings. The number of likely N-dealkylation sites (tertiary alicyclic amines) is 2. The maximum absolute atomic E-state index is 13.0. The van der Waals surface area contributed by atoms with E-state index in [1.807, 2.05) is 35.5 Å². The molecule has 0 unspecified atom stereocenters. The van der Waals surface area contributed by atoms with Crippen molar-refractivity contribution >= 4 is 5.91 Å². The van der Waals surface area contributed by atoms with E-state index in [2.05, 4.69) is 27.0 Å². The number of hydrogen-bond donors (Lipinski definition) is 1. The molecule has 0 bridgehead atoms. The molecule has 2 saturated heterocycles. The Morgan fingerprint density at radius 3 is 2.48 bits per heavy atom. The van der Waals surface area contributed by atoms with Crippen LogP contribution < -0.4 is 0 Å². The number of aliphatic hydroxyl groups excluding tert-OH is 1. The molecule has 27 heavy (non-hydrogen) atoms. The van der Waals surface area contributed by atoms with Crippen LogP contribution in [0.4, 0.5) is 0 Å². The molecule has 1 aromatic carbocycles. The summed E-state index contributed by atoms with van der Waals surface area (Å²) in [4.78, 5) is 25.5. The molecular formula is C21H24N4O2. The average molecular weight is 364 g/mol. The normalized spacial score (nSPS) is 26.5. The molecule has 2 aliphatic heterocycles. The maximum atomic E-state index is 13.0. The van der Waals surface area contributed by atoms with Gasteiger partial charge in [0.1, 0.15) is 6.33 Å². The molecule has 2 atom stereocenters. The molecule has 0 radical (unpaired) electrons. The monoisotopic (exact) mass is 364 g/mol. The van der Waals surface area contributed by atoms with E-state index in [1.54, 1.807) is 6.33 Å². The van der Waals surface area contributed by atoms with Crippen LogP contribution in [0.15, 0.2) is 49.1 Å². The van der Waals surface area contributed by atoms with E-state index in [9.17, 15) is 9.90 Å². The molecule has 1 aromatic heterocycles. The topological polar surface area (TPSA) is 69.6 Å². The van der Waals surface area contributed by atoms with E-state index in [0.717, 1.165) is 38.0 Å². The maximum Gasteiger partial charge on any atom is 0.226 e. The van der Waals surface area contributed by atoms with Crippen molar-refractivity contribution in [2.75, 3.05) is 19.7 Å². The van der Waals surface area contributed by atoms with Gasteiger partial charge in [-0.05, 0) is 18.4 Å². The first kappa shape index (κ1) is 16.8. The van der Waals surface area contributed by atoms with E-state index in [4.69, 9.17) is 0 Å². The lowest BCUT2D eigenvalue weighted by molar-refractivity contribution is -0.202. The van der Waals surface area contributed by atoms with Gasteiger partial charge in [0, 0.05) is 49.4 Å². The molecule has 2 aromatic rings. The first-order valence-electron chi connectivity index (χ1n) is 9.68. The van der Waals surface area contributed by atoms with Crippen LogP contribution in [0.25, 0.3) is 0 Å². The number of aromatic nitrogens is 2. The van der Waals surface area contributed by atoms with E-state index < -0.39 is 0 Å². The number of carbonyl (C=O) groups is 1. The van der Waals surface area contributed by atoms with Crippen molar-refractivity contribution in [2.24, 2.45) is 5.92 Å². The van der Waals surface area contributed by atoms with Gasteiger partial charge in [0.15, 0.2) is 0 Å². The summed E-state index contributed by atoms with van der Waals surface area (Å²) in [6.07, 6.45) is 7.21. The van der Waals surface area contributed by atoms with Crippen molar-refractivity contribution in [3.05, 3.63) is 60.2 Å². The molecule has 140 valence electrons. The van der Waals surface area contributed by atoms with Crippen LogP contribution in [-0.2, 0) is 11.3 Å². The standard InChI is InChI=1S/C21H24N4O2/c26-11-18-19(16-4-2-1-3-5-16)21(25(18)20(27)17-6-7-17)12-24(13-21)10-15-8-22-14-23-9-15/h1-5,8-9,14,17-19,26H,6-7,10-13H2/t18-,19+/m0/s1. The zero-order valence-corrected chi connectivity index (χ0v) is 15.2. The second-order valence-electron chi connectivity index (χ2n) is 8.12. The molecule has 6 heteroatoms. The third-order valence-corrected chi connectivity index (χ3v) is 6.30. The number of carbonyl (C=O) groups excluding carboxylic acids is 1. The van der Waals surface area contributed by atoms with Crippen molar-refractivity contribution in [3.8, 4) is 0 Å². The largest absolute Gasteiger partial charge is 0.394 e. The van der Waals surface area contributed by atoms with Gasteiger partial charge in [-0.3, -0.25) is 9.69 Å². The lowest BCUT2D eigenvalue weighted by Gasteiger charge is -2.71. The van der Waals surface area contributed by atoms with Crippen molar-refractivity contribution in [3.63, 3.8) is 0 Å². The van der Waals surface area contributed by atoms with Crippen LogP contribution in [0.3, 0.4) is 0 Å². The minimum Gasteiger partial charge on any atom is -0.394 e. The molecule has 3 aliphatic rings. The second kappa shape index (κ2) is 6.39. The van der Waals surface area contributed by atoms with E-state index in [0.29, 0.717) is 0 Å². The molecule has 6 nitrogen and oxygen atoms in total. The quantitative estimate of drug-likeness (QED) is 0.869. The summed E-state index contributed by atoms with van der Waals surface area (Å²) < 4.78 is 0. The van der Waals surface area contributed by atoms with Gasteiger partial charge in [-0.2, -0.15) is 0 Å². The Kier molecular flexibility index (Phi) is 3.98. The summed E-state index contributed by atoms with van der Waals surface area (Å²) in [6.45, 7) is 2.47. The highest BCUT2D eigenvalue weighted by molar-refractivity contribution is 5.84. The van der Waals surface area contributed by atoms with Crippen LogP contribution in [0.5, 0.6) is 0 Å². The van der Waals surface area contributed by atoms with Crippen LogP contribution in [0.2, 0.25) is 0 Å². The first-order chi connectivity index (χ1) is 13.2. The van der Waals surface area contributed by atoms with Gasteiger partial charge in [-0.15, -0.1) is 0 Å². The molecule has 1 aliphatic carbocycles. The average Bonchev–Trinajstić information content (AvgIpc) is 3.50. The van der Waals surface area contributed by atoms with Crippen LogP contribution in [0.1, 0.15) is 29.9 Å². The lowest BCUT2D eigenvalue weighted by Crippen LogP contribution is -2.85. The zero-order valence-electron chi connectivity index (χ0n) is 15.2. The third-order valence-electron chi connectivity index (χ3n) is 6.30. The fourth-order valence-corrected chi connectivity index (χ4v) is 5.05. The van der Waals surface area contributed by atoms with Gasteiger partial charge < -0.3 is 10.0 Å². The van der Waals surface area contributed by atoms with Crippen LogP contribution in [0, 0.1) is 5.92 Å². The van der Waals surface area contributed by atoms with Gasteiger partial charge in [0.25, 0.3) is 0 Å². The summed E-state index contributed by atoms with van der Waals surface area (Å²) in [5.41, 5.74) is 2.12. The van der Waals surface area contributed by atoms with Gasteiger partial charge in [0.05, 0.1) is 18.2 Å². The molecule has 1 amide bonds. The third kappa shape index (κ3) is 2.66. The molecule has 5 rings (SSSR count). The van der Waals surface area contributed by atoms with Gasteiger partial charge in [-0.1, -0.05) is 30.3 Å². The van der Waals surface area contributed by atoms with E-state index >= 15 is 0 Å². The summed E-state index contributed by atoms with van der Waals surface area (Å²) in [5, 5.41) is 10.1. The Labute approximate surface area is 158 Å². The number of hydrogen-bond acceptors (Lipinski definition) is 5. The SMILES string of the molecule is O=C(C1CC1)N1[C@@H](CO)[C@@H](c2ccccc2)C12CN(Cc1cncnc1)C2. The predicted molar refractivity (Wildman–Crippen MR) is 99.7 cm³/mol. The van der Waals surface area contributed by atoms with E-state index in [-0.39, 0.29) is 35.9 Å². The summed E-state index contributed by atoms with van der Waals surface area (Å²) in [7, 11) is 0. The molecule has 1 N–H and O–H groups in total. The Morgan fingerprint density at radius 1 is 1.15 bits per heavy atom. The highest BCUT2D eigenvalue weighted by Crippen LogP contribution is 2.55. The van der Waals surface area contributed by atoms with Crippen molar-refractivity contribution in [1.82, 2.24) is 19.8 Å². The summed E-state index contributed by atoms with van der Waals surface area (Å²) >= 11 is 0. The fourth-order valence-electron chi connectivity index (χ4n) is 5.05. The number of aliphatic hydroxyl groups is 1. The molecule has 1 saturated carbocycles. The summed E-state index contributed by atoms with van der Waals surface area (Å²) in [6, 6.07) is 10.2. The second-order valence-corrected chi connectivity index (χ2v) is 8.12. The Morgan fingerprint density at radius 2 is 1.85 bits per heavy atom. The van der Waals surface area contributed by atoms with E-state index in [1.165, 1.54) is 5.56 Å². The Balaban J connectivity index is 1.40. The number of benzene rings is 1. The van der Waals surface area contributed by atoms with Gasteiger partial charge >= 0.3 is 0 Å². The van der Waals surface area contributed by atoms with Crippen molar-refractivity contribution in [2.45, 2.75) is 36.9 Å². The van der Waals surface area contributed by atoms with Crippen molar-refractivity contribution < 1.29 is 9.90 Å². The Hall–Kier alpha value is -2.31. The highest BCUT2D eigenvalue weighted by atomic mass is 16.3. The summed E-state index contributed by atoms with van der Waals surface area (Å²) in [5.74, 6) is 0.600.